The van der Waals surface area contributed by atoms with Crippen LogP contribution in [0.5, 0.6) is 0 Å². The van der Waals surface area contributed by atoms with E-state index < -0.39 is 0 Å². The molecule has 0 heterocycles. The van der Waals surface area contributed by atoms with Gasteiger partial charge in [0.25, 0.3) is 0 Å². The molecule has 0 amide bonds. The molecule has 1 saturated carbocycles. The summed E-state index contributed by atoms with van der Waals surface area (Å²) in [6, 6.07) is 0.899. The molecule has 2 nitrogen and oxygen atoms in total. The fourth-order valence-corrected chi connectivity index (χ4v) is 2.60. The van der Waals surface area contributed by atoms with E-state index in [2.05, 4.69) is 44.8 Å². The molecular formula is C17H36N2. The highest BCUT2D eigenvalue weighted by atomic mass is 15.2. The Balaban J connectivity index is 2.44. The van der Waals surface area contributed by atoms with Crippen molar-refractivity contribution in [2.24, 2.45) is 11.3 Å². The highest BCUT2D eigenvalue weighted by Crippen LogP contribution is 2.32. The molecule has 0 bridgehead atoms. The second-order valence-electron chi connectivity index (χ2n) is 7.23. The van der Waals surface area contributed by atoms with Gasteiger partial charge in [-0.2, -0.15) is 0 Å². The second kappa shape index (κ2) is 8.26. The minimum atomic E-state index is 0.439. The molecule has 0 aromatic carbocycles. The van der Waals surface area contributed by atoms with Crippen molar-refractivity contribution < 1.29 is 0 Å². The lowest BCUT2D eigenvalue weighted by molar-refractivity contribution is 0.142. The highest BCUT2D eigenvalue weighted by molar-refractivity contribution is 4.89. The molecule has 19 heavy (non-hydrogen) atoms. The van der Waals surface area contributed by atoms with Gasteiger partial charge in [0, 0.05) is 19.1 Å². The van der Waals surface area contributed by atoms with Crippen LogP contribution >= 0.6 is 0 Å². The number of hydrogen-bond acceptors (Lipinski definition) is 2. The Morgan fingerprint density at radius 3 is 2.42 bits per heavy atom. The maximum absolute atomic E-state index is 3.63. The lowest BCUT2D eigenvalue weighted by Crippen LogP contribution is -2.43. The SMILES string of the molecule is CCCNCC(C)(CC)CN(CCC(C)C)C1CC1. The van der Waals surface area contributed by atoms with Crippen molar-refractivity contribution in [3.05, 3.63) is 0 Å². The monoisotopic (exact) mass is 268 g/mol. The summed E-state index contributed by atoms with van der Waals surface area (Å²) in [5.41, 5.74) is 0.439. The molecule has 0 aromatic heterocycles. The van der Waals surface area contributed by atoms with Crippen LogP contribution in [0.2, 0.25) is 0 Å². The van der Waals surface area contributed by atoms with E-state index in [1.54, 1.807) is 0 Å². The van der Waals surface area contributed by atoms with E-state index in [1.807, 2.05) is 0 Å². The summed E-state index contributed by atoms with van der Waals surface area (Å²) >= 11 is 0. The Kier molecular flexibility index (Phi) is 7.38. The predicted octanol–water partition coefficient (Wildman–Crippen LogP) is 3.91. The molecule has 1 unspecified atom stereocenters. The van der Waals surface area contributed by atoms with Gasteiger partial charge in [-0.15, -0.1) is 0 Å². The summed E-state index contributed by atoms with van der Waals surface area (Å²) in [5.74, 6) is 0.826. The summed E-state index contributed by atoms with van der Waals surface area (Å²) in [7, 11) is 0. The third-order valence-electron chi connectivity index (χ3n) is 4.47. The Labute approximate surface area is 121 Å². The molecule has 1 aliphatic carbocycles. The minimum Gasteiger partial charge on any atom is -0.316 e. The molecule has 0 saturated heterocycles. The molecule has 1 rings (SSSR count). The third kappa shape index (κ3) is 6.76. The number of nitrogens with one attached hydrogen (secondary N) is 1. The fourth-order valence-electron chi connectivity index (χ4n) is 2.60. The molecule has 1 atom stereocenters. The molecule has 0 spiro atoms. The number of rotatable bonds is 11. The quantitative estimate of drug-likeness (QED) is 0.572. The summed E-state index contributed by atoms with van der Waals surface area (Å²) < 4.78 is 0. The van der Waals surface area contributed by atoms with Crippen LogP contribution in [0.1, 0.15) is 66.7 Å². The summed E-state index contributed by atoms with van der Waals surface area (Å²) in [6.07, 6.45) is 6.72. The smallest absolute Gasteiger partial charge is 0.00966 e. The highest BCUT2D eigenvalue weighted by Gasteiger charge is 2.33. The molecule has 1 N–H and O–H groups in total. The van der Waals surface area contributed by atoms with Crippen molar-refractivity contribution in [3.8, 4) is 0 Å². The zero-order chi connectivity index (χ0) is 14.3. The molecular weight excluding hydrogens is 232 g/mol. The first kappa shape index (κ1) is 17.0. The van der Waals surface area contributed by atoms with Crippen LogP contribution in [-0.2, 0) is 0 Å². The maximum Gasteiger partial charge on any atom is 0.00966 e. The van der Waals surface area contributed by atoms with E-state index in [0.717, 1.165) is 18.5 Å². The van der Waals surface area contributed by atoms with Crippen LogP contribution in [0.4, 0.5) is 0 Å². The number of nitrogens with zero attached hydrogens (tertiary/aromatic N) is 1. The van der Waals surface area contributed by atoms with Crippen molar-refractivity contribution in [2.45, 2.75) is 72.8 Å². The lowest BCUT2D eigenvalue weighted by atomic mass is 9.86. The molecule has 2 heteroatoms. The van der Waals surface area contributed by atoms with Crippen LogP contribution in [0.3, 0.4) is 0 Å². The van der Waals surface area contributed by atoms with Gasteiger partial charge in [0.1, 0.15) is 0 Å². The molecule has 1 fully saturated rings. The van der Waals surface area contributed by atoms with Crippen LogP contribution in [-0.4, -0.2) is 37.1 Å². The predicted molar refractivity (Wildman–Crippen MR) is 85.6 cm³/mol. The minimum absolute atomic E-state index is 0.439. The van der Waals surface area contributed by atoms with E-state index >= 15 is 0 Å². The van der Waals surface area contributed by atoms with E-state index in [1.165, 1.54) is 51.7 Å². The molecule has 0 aromatic rings. The van der Waals surface area contributed by atoms with Crippen LogP contribution in [0, 0.1) is 11.3 Å². The number of hydrogen-bond donors (Lipinski definition) is 1. The fraction of sp³-hybridized carbons (Fsp3) is 1.00. The van der Waals surface area contributed by atoms with E-state index in [0.29, 0.717) is 5.41 Å². The zero-order valence-corrected chi connectivity index (χ0v) is 14.0. The van der Waals surface area contributed by atoms with Crippen LogP contribution < -0.4 is 5.32 Å². The average molecular weight is 268 g/mol. The van der Waals surface area contributed by atoms with E-state index in [4.69, 9.17) is 0 Å². The molecule has 0 radical (unpaired) electrons. The van der Waals surface area contributed by atoms with Gasteiger partial charge in [0.05, 0.1) is 0 Å². The first-order valence-electron chi connectivity index (χ1n) is 8.45. The summed E-state index contributed by atoms with van der Waals surface area (Å²) in [5, 5.41) is 3.63. The third-order valence-corrected chi connectivity index (χ3v) is 4.47. The molecule has 114 valence electrons. The van der Waals surface area contributed by atoms with Crippen molar-refractivity contribution >= 4 is 0 Å². The van der Waals surface area contributed by atoms with Gasteiger partial charge in [-0.3, -0.25) is 4.90 Å². The lowest BCUT2D eigenvalue weighted by Gasteiger charge is -2.36. The maximum atomic E-state index is 3.63. The van der Waals surface area contributed by atoms with Gasteiger partial charge in [-0.1, -0.05) is 34.6 Å². The van der Waals surface area contributed by atoms with Gasteiger partial charge in [0.15, 0.2) is 0 Å². The van der Waals surface area contributed by atoms with Crippen molar-refractivity contribution in [1.29, 1.82) is 0 Å². The summed E-state index contributed by atoms with van der Waals surface area (Å²) in [6.45, 7) is 16.6. The largest absolute Gasteiger partial charge is 0.316 e. The van der Waals surface area contributed by atoms with Crippen molar-refractivity contribution in [3.63, 3.8) is 0 Å². The first-order chi connectivity index (χ1) is 9.00. The van der Waals surface area contributed by atoms with Gasteiger partial charge >= 0.3 is 0 Å². The van der Waals surface area contributed by atoms with Gasteiger partial charge in [0.2, 0.25) is 0 Å². The zero-order valence-electron chi connectivity index (χ0n) is 14.0. The van der Waals surface area contributed by atoms with Crippen molar-refractivity contribution in [2.75, 3.05) is 26.2 Å². The normalized spacial score (nSPS) is 19.1. The van der Waals surface area contributed by atoms with E-state index in [-0.39, 0.29) is 0 Å². The second-order valence-corrected chi connectivity index (χ2v) is 7.23. The molecule has 1 aliphatic rings. The van der Waals surface area contributed by atoms with E-state index in [9.17, 15) is 0 Å². The van der Waals surface area contributed by atoms with Crippen molar-refractivity contribution in [1.82, 2.24) is 10.2 Å². The Morgan fingerprint density at radius 1 is 1.26 bits per heavy atom. The molecule has 0 aliphatic heterocycles. The van der Waals surface area contributed by atoms with Gasteiger partial charge in [-0.05, 0) is 56.5 Å². The van der Waals surface area contributed by atoms with Crippen LogP contribution in [0.15, 0.2) is 0 Å². The standard InChI is InChI=1S/C17H36N2/c1-6-11-18-13-17(5,7-2)14-19(16-8-9-16)12-10-15(3)4/h15-16,18H,6-14H2,1-5H3. The van der Waals surface area contributed by atoms with Gasteiger partial charge in [-0.25, -0.2) is 0 Å². The Morgan fingerprint density at radius 2 is 1.95 bits per heavy atom. The van der Waals surface area contributed by atoms with Crippen LogP contribution in [0.25, 0.3) is 0 Å². The topological polar surface area (TPSA) is 15.3 Å². The average Bonchev–Trinajstić information content (AvgIpc) is 3.19. The van der Waals surface area contributed by atoms with Gasteiger partial charge < -0.3 is 5.32 Å². The first-order valence-corrected chi connectivity index (χ1v) is 8.45. The summed E-state index contributed by atoms with van der Waals surface area (Å²) in [4.78, 5) is 2.77. The Hall–Kier alpha value is -0.0800. The Bertz CT molecular complexity index is 235.